The number of benzene rings is 1. The summed E-state index contributed by atoms with van der Waals surface area (Å²) >= 11 is 0. The number of hydrogen-bond acceptors (Lipinski definition) is 5. The molecule has 0 radical (unpaired) electrons. The van der Waals surface area contributed by atoms with Gasteiger partial charge in [-0.2, -0.15) is 18.2 Å². The zero-order valence-corrected chi connectivity index (χ0v) is 17.2. The maximum Gasteiger partial charge on any atom is 0.419 e. The Morgan fingerprint density at radius 3 is 2.34 bits per heavy atom. The Balaban J connectivity index is 3.22. The van der Waals surface area contributed by atoms with Gasteiger partial charge in [0.2, 0.25) is 0 Å². The molecule has 6 N–H and O–H groups in total. The molecule has 11 heteroatoms. The molecule has 3 atom stereocenters. The molecule has 0 spiro atoms. The van der Waals surface area contributed by atoms with Crippen LogP contribution in [0.2, 0.25) is 0 Å². The molecule has 0 saturated heterocycles. The van der Waals surface area contributed by atoms with Crippen LogP contribution in [0.3, 0.4) is 0 Å². The summed E-state index contributed by atoms with van der Waals surface area (Å²) < 4.78 is 59.6. The van der Waals surface area contributed by atoms with Crippen molar-refractivity contribution < 1.29 is 22.5 Å². The lowest BCUT2D eigenvalue weighted by atomic mass is 10.2. The minimum atomic E-state index is -4.73. The van der Waals surface area contributed by atoms with Crippen LogP contribution in [-0.4, -0.2) is 39.3 Å². The SMILES string of the molecule is C=C/C(=C(\N=C(N)Nc1ccc(S(=N)(=O)CC)cc1)N[C@H](C)[C@@H](C)O)C(F)(F)F. The summed E-state index contributed by atoms with van der Waals surface area (Å²) in [5, 5.41) is 14.7. The first kappa shape index (κ1) is 24.5. The summed E-state index contributed by atoms with van der Waals surface area (Å²) in [6.45, 7) is 7.73. The number of aliphatic hydroxyl groups excluding tert-OH is 1. The average Bonchev–Trinajstić information content (AvgIpc) is 2.61. The van der Waals surface area contributed by atoms with Crippen LogP contribution in [0.5, 0.6) is 0 Å². The zero-order chi connectivity index (χ0) is 22.4. The third-order valence-corrected chi connectivity index (χ3v) is 5.85. The van der Waals surface area contributed by atoms with Gasteiger partial charge in [0.15, 0.2) is 5.96 Å². The van der Waals surface area contributed by atoms with E-state index in [1.54, 1.807) is 6.92 Å². The van der Waals surface area contributed by atoms with Gasteiger partial charge in [-0.25, -0.2) is 8.99 Å². The minimum Gasteiger partial charge on any atom is -0.391 e. The van der Waals surface area contributed by atoms with Gasteiger partial charge in [-0.15, -0.1) is 0 Å². The number of nitrogens with two attached hydrogens (primary N) is 1. The van der Waals surface area contributed by atoms with Gasteiger partial charge in [-0.05, 0) is 38.1 Å². The van der Waals surface area contributed by atoms with Crippen LogP contribution in [0.15, 0.2) is 58.2 Å². The molecule has 1 rings (SSSR count). The van der Waals surface area contributed by atoms with Gasteiger partial charge in [0, 0.05) is 16.3 Å². The summed E-state index contributed by atoms with van der Waals surface area (Å²) in [5.74, 6) is -0.779. The molecule has 0 saturated carbocycles. The summed E-state index contributed by atoms with van der Waals surface area (Å²) in [4.78, 5) is 4.11. The molecule has 0 fully saturated rings. The molecule has 7 nitrogen and oxygen atoms in total. The Bertz CT molecular complexity index is 876. The van der Waals surface area contributed by atoms with E-state index in [1.165, 1.54) is 38.1 Å². The van der Waals surface area contributed by atoms with Gasteiger partial charge >= 0.3 is 6.18 Å². The molecule has 1 aromatic rings. The number of nitrogens with one attached hydrogen (secondary N) is 3. The Morgan fingerprint density at radius 2 is 1.93 bits per heavy atom. The smallest absolute Gasteiger partial charge is 0.391 e. The summed E-state index contributed by atoms with van der Waals surface area (Å²) in [6.07, 6.45) is -5.07. The minimum absolute atomic E-state index is 0.159. The normalized spacial score (nSPS) is 17.6. The third kappa shape index (κ3) is 7.09. The predicted molar refractivity (Wildman–Crippen MR) is 109 cm³/mol. The first-order valence-electron chi connectivity index (χ1n) is 8.68. The Kier molecular flexibility index (Phi) is 8.27. The van der Waals surface area contributed by atoms with Crippen molar-refractivity contribution in [2.75, 3.05) is 11.1 Å². The average molecular weight is 434 g/mol. The first-order valence-corrected chi connectivity index (χ1v) is 10.4. The molecule has 0 aliphatic carbocycles. The Labute approximate surface area is 168 Å². The van der Waals surface area contributed by atoms with Crippen LogP contribution in [0.4, 0.5) is 18.9 Å². The summed E-state index contributed by atoms with van der Waals surface area (Å²) in [6, 6.07) is 5.20. The molecule has 0 aromatic heterocycles. The van der Waals surface area contributed by atoms with Crippen molar-refractivity contribution in [3.8, 4) is 0 Å². The van der Waals surface area contributed by atoms with E-state index >= 15 is 0 Å². The molecular weight excluding hydrogens is 407 g/mol. The summed E-state index contributed by atoms with van der Waals surface area (Å²) in [7, 11) is -2.88. The van der Waals surface area contributed by atoms with E-state index in [2.05, 4.69) is 22.2 Å². The largest absolute Gasteiger partial charge is 0.419 e. The number of anilines is 1. The van der Waals surface area contributed by atoms with Crippen LogP contribution in [0, 0.1) is 4.78 Å². The highest BCUT2D eigenvalue weighted by molar-refractivity contribution is 7.92. The topological polar surface area (TPSA) is 124 Å². The fraction of sp³-hybridized carbons (Fsp3) is 0.389. The zero-order valence-electron chi connectivity index (χ0n) is 16.4. The van der Waals surface area contributed by atoms with Gasteiger partial charge < -0.3 is 21.5 Å². The number of alkyl halides is 3. The van der Waals surface area contributed by atoms with Crippen molar-refractivity contribution >= 4 is 21.4 Å². The lowest BCUT2D eigenvalue weighted by Gasteiger charge is -2.21. The maximum atomic E-state index is 13.3. The maximum absolute atomic E-state index is 13.3. The molecular formula is C18H26F3N5O2S. The molecule has 162 valence electrons. The van der Waals surface area contributed by atoms with Crippen molar-refractivity contribution in [1.82, 2.24) is 5.32 Å². The van der Waals surface area contributed by atoms with E-state index in [1.807, 2.05) is 0 Å². The van der Waals surface area contributed by atoms with Crippen LogP contribution in [0.1, 0.15) is 20.8 Å². The highest BCUT2D eigenvalue weighted by Crippen LogP contribution is 2.29. The number of nitrogens with zero attached hydrogens (tertiary/aromatic N) is 1. The molecule has 1 aromatic carbocycles. The number of halogens is 3. The second-order valence-electron chi connectivity index (χ2n) is 6.25. The number of aliphatic hydroxyl groups is 1. The number of allylic oxidation sites excluding steroid dienone is 2. The van der Waals surface area contributed by atoms with Crippen LogP contribution in [-0.2, 0) is 9.73 Å². The van der Waals surface area contributed by atoms with Crippen molar-refractivity contribution in [1.29, 1.82) is 4.78 Å². The van der Waals surface area contributed by atoms with Crippen LogP contribution < -0.4 is 16.4 Å². The van der Waals surface area contributed by atoms with Crippen molar-refractivity contribution in [3.05, 3.63) is 48.3 Å². The van der Waals surface area contributed by atoms with E-state index in [4.69, 9.17) is 10.5 Å². The van der Waals surface area contributed by atoms with Crippen molar-refractivity contribution in [2.24, 2.45) is 10.7 Å². The fourth-order valence-corrected chi connectivity index (χ4v) is 2.98. The molecule has 1 unspecified atom stereocenters. The van der Waals surface area contributed by atoms with Crippen LogP contribution >= 0.6 is 0 Å². The molecule has 0 bridgehead atoms. The second-order valence-corrected chi connectivity index (χ2v) is 8.65. The van der Waals surface area contributed by atoms with E-state index in [9.17, 15) is 22.5 Å². The van der Waals surface area contributed by atoms with Crippen LogP contribution in [0.25, 0.3) is 0 Å². The van der Waals surface area contributed by atoms with E-state index in [0.29, 0.717) is 16.7 Å². The quantitative estimate of drug-likeness (QED) is 0.245. The lowest BCUT2D eigenvalue weighted by molar-refractivity contribution is -0.0894. The number of aliphatic imine (C=N–C) groups is 1. The second kappa shape index (κ2) is 9.79. The highest BCUT2D eigenvalue weighted by Gasteiger charge is 2.35. The Morgan fingerprint density at radius 1 is 1.38 bits per heavy atom. The molecule has 0 aliphatic rings. The first-order chi connectivity index (χ1) is 13.3. The highest BCUT2D eigenvalue weighted by atomic mass is 32.2. The molecule has 0 heterocycles. The van der Waals surface area contributed by atoms with Gasteiger partial charge in [0.05, 0.1) is 27.4 Å². The van der Waals surface area contributed by atoms with E-state index in [0.717, 1.165) is 0 Å². The van der Waals surface area contributed by atoms with Gasteiger partial charge in [-0.3, -0.25) is 0 Å². The van der Waals surface area contributed by atoms with Gasteiger partial charge in [0.25, 0.3) is 0 Å². The number of hydrogen-bond donors (Lipinski definition) is 5. The Hall–Kier alpha value is -2.53. The van der Waals surface area contributed by atoms with Gasteiger partial charge in [-0.1, -0.05) is 19.6 Å². The molecule has 0 aliphatic heterocycles. The standard InChI is InChI=1S/C18H26F3N5O2S/c1-5-15(18(19,20)21)16(24-11(3)12(4)27)26-17(22)25-13-7-9-14(10-8-13)29(23,28)6-2/h5,7-12,23-24,27H,1,6H2,2-4H3,(H3,22,25,26)/b16-15+/t11-,12-,29?/m1/s1. The number of guanidine groups is 1. The van der Waals surface area contributed by atoms with Crippen molar-refractivity contribution in [2.45, 2.75) is 44.0 Å². The molecule has 29 heavy (non-hydrogen) atoms. The van der Waals surface area contributed by atoms with E-state index < -0.39 is 39.4 Å². The summed E-state index contributed by atoms with van der Waals surface area (Å²) in [5.41, 5.74) is 5.00. The predicted octanol–water partition coefficient (Wildman–Crippen LogP) is 3.16. The third-order valence-electron chi connectivity index (χ3n) is 4.00. The van der Waals surface area contributed by atoms with E-state index in [-0.39, 0.29) is 11.7 Å². The van der Waals surface area contributed by atoms with Crippen molar-refractivity contribution in [3.63, 3.8) is 0 Å². The lowest BCUT2D eigenvalue weighted by Crippen LogP contribution is -2.37. The molecule has 0 amide bonds. The number of rotatable bonds is 8. The fourth-order valence-electron chi connectivity index (χ4n) is 2.07. The monoisotopic (exact) mass is 433 g/mol. The van der Waals surface area contributed by atoms with Gasteiger partial charge in [0.1, 0.15) is 5.82 Å².